The fourth-order valence-electron chi connectivity index (χ4n) is 3.27. The number of benzene rings is 3. The molecule has 0 bridgehead atoms. The van der Waals surface area contributed by atoms with Gasteiger partial charge in [0.2, 0.25) is 10.0 Å². The second-order valence-electron chi connectivity index (χ2n) is 7.47. The average Bonchev–Trinajstić information content (AvgIpc) is 2.83. The summed E-state index contributed by atoms with van der Waals surface area (Å²) < 4.78 is 33.5. The van der Waals surface area contributed by atoms with Crippen molar-refractivity contribution < 1.29 is 17.9 Å². The molecular formula is C24H20ClN3O5S. The lowest BCUT2D eigenvalue weighted by Crippen LogP contribution is -2.24. The molecular weight excluding hydrogens is 478 g/mol. The Bertz CT molecular complexity index is 1520. The molecule has 0 unspecified atom stereocenters. The van der Waals surface area contributed by atoms with Crippen molar-refractivity contribution in [2.24, 2.45) is 0 Å². The van der Waals surface area contributed by atoms with E-state index in [1.165, 1.54) is 12.1 Å². The van der Waals surface area contributed by atoms with Gasteiger partial charge in [-0.05, 0) is 42.8 Å². The number of carbonyl (C=O) groups excluding carboxylic acids is 1. The number of hydrogen-bond acceptors (Lipinski definition) is 6. The van der Waals surface area contributed by atoms with Crippen LogP contribution < -0.4 is 10.3 Å². The molecule has 0 spiro atoms. The van der Waals surface area contributed by atoms with Crippen LogP contribution in [0.15, 0.2) is 82.5 Å². The number of para-hydroxylation sites is 1. The van der Waals surface area contributed by atoms with Gasteiger partial charge in [-0.15, -0.1) is 0 Å². The number of ether oxygens (including phenoxy) is 1. The summed E-state index contributed by atoms with van der Waals surface area (Å²) in [4.78, 5) is 31.8. The summed E-state index contributed by atoms with van der Waals surface area (Å²) in [7, 11) is -4.01. The molecule has 10 heteroatoms. The molecule has 4 rings (SSSR count). The Labute approximate surface area is 200 Å². The number of nitrogens with zero attached hydrogens (tertiary/aromatic N) is 1. The quantitative estimate of drug-likeness (QED) is 0.373. The van der Waals surface area contributed by atoms with Gasteiger partial charge in [0.15, 0.2) is 11.9 Å². The number of nitrogens with one attached hydrogen (secondary N) is 2. The van der Waals surface area contributed by atoms with Crippen molar-refractivity contribution in [2.45, 2.75) is 24.5 Å². The summed E-state index contributed by atoms with van der Waals surface area (Å²) in [5, 5.41) is 0.381. The van der Waals surface area contributed by atoms with Crippen molar-refractivity contribution in [1.82, 2.24) is 14.7 Å². The maximum absolute atomic E-state index is 12.8. The van der Waals surface area contributed by atoms with Crippen molar-refractivity contribution in [3.05, 3.63) is 105 Å². The number of carbonyl (C=O) groups is 1. The van der Waals surface area contributed by atoms with Crippen molar-refractivity contribution in [2.75, 3.05) is 0 Å². The van der Waals surface area contributed by atoms with E-state index in [0.717, 1.165) is 11.6 Å². The Morgan fingerprint density at radius 3 is 2.56 bits per heavy atom. The first-order chi connectivity index (χ1) is 16.2. The van der Waals surface area contributed by atoms with Crippen molar-refractivity contribution >= 4 is 38.5 Å². The third-order valence-electron chi connectivity index (χ3n) is 5.07. The molecule has 0 aliphatic rings. The molecule has 0 radical (unpaired) electrons. The minimum atomic E-state index is -4.01. The van der Waals surface area contributed by atoms with E-state index in [2.05, 4.69) is 14.7 Å². The van der Waals surface area contributed by atoms with E-state index in [9.17, 15) is 18.0 Å². The van der Waals surface area contributed by atoms with E-state index >= 15 is 0 Å². The zero-order valence-electron chi connectivity index (χ0n) is 18.0. The topological polar surface area (TPSA) is 118 Å². The summed E-state index contributed by atoms with van der Waals surface area (Å²) in [5.74, 6) is -0.622. The lowest BCUT2D eigenvalue weighted by molar-refractivity contribution is 0.0319. The molecule has 1 atom stereocenters. The second-order valence-corrected chi connectivity index (χ2v) is 9.61. The Kier molecular flexibility index (Phi) is 6.78. The van der Waals surface area contributed by atoms with E-state index < -0.39 is 22.1 Å². The molecule has 0 amide bonds. The number of H-pyrrole nitrogens is 1. The molecule has 0 fully saturated rings. The fourth-order valence-corrected chi connectivity index (χ4v) is 4.81. The molecule has 4 aromatic rings. The smallest absolute Gasteiger partial charge is 0.338 e. The highest BCUT2D eigenvalue weighted by Crippen LogP contribution is 2.24. The second kappa shape index (κ2) is 9.76. The van der Waals surface area contributed by atoms with E-state index in [0.29, 0.717) is 10.9 Å². The Balaban J connectivity index is 1.54. The van der Waals surface area contributed by atoms with E-state index in [4.69, 9.17) is 16.3 Å². The van der Waals surface area contributed by atoms with Crippen molar-refractivity contribution in [3.63, 3.8) is 0 Å². The minimum absolute atomic E-state index is 0.0144. The van der Waals surface area contributed by atoms with Gasteiger partial charge in [0.25, 0.3) is 5.56 Å². The number of rotatable bonds is 7. The van der Waals surface area contributed by atoms with Crippen LogP contribution in [-0.4, -0.2) is 24.4 Å². The van der Waals surface area contributed by atoms with Crippen molar-refractivity contribution in [1.29, 1.82) is 0 Å². The summed E-state index contributed by atoms with van der Waals surface area (Å²) in [6.45, 7) is 1.62. The molecule has 8 nitrogen and oxygen atoms in total. The van der Waals surface area contributed by atoms with Crippen LogP contribution in [-0.2, 0) is 21.3 Å². The van der Waals surface area contributed by atoms with Crippen LogP contribution in [0.3, 0.4) is 0 Å². The lowest BCUT2D eigenvalue weighted by Gasteiger charge is -2.14. The summed E-state index contributed by atoms with van der Waals surface area (Å²) in [6, 6.07) is 19.6. The molecule has 1 aromatic heterocycles. The normalized spacial score (nSPS) is 12.4. The van der Waals surface area contributed by atoms with Crippen LogP contribution in [0.4, 0.5) is 0 Å². The van der Waals surface area contributed by atoms with Crippen LogP contribution >= 0.6 is 11.6 Å². The molecule has 3 aromatic carbocycles. The highest BCUT2D eigenvalue weighted by molar-refractivity contribution is 7.89. The van der Waals surface area contributed by atoms with Gasteiger partial charge in [-0.3, -0.25) is 4.79 Å². The maximum Gasteiger partial charge on any atom is 0.338 e. The van der Waals surface area contributed by atoms with Gasteiger partial charge in [0, 0.05) is 6.54 Å². The van der Waals surface area contributed by atoms with Gasteiger partial charge < -0.3 is 9.72 Å². The van der Waals surface area contributed by atoms with Gasteiger partial charge in [0.05, 0.1) is 21.5 Å². The zero-order valence-corrected chi connectivity index (χ0v) is 19.6. The molecule has 1 heterocycles. The van der Waals surface area contributed by atoms with E-state index in [1.807, 2.05) is 6.07 Å². The van der Waals surface area contributed by atoms with Crippen LogP contribution in [0.2, 0.25) is 5.02 Å². The number of hydrogen-bond donors (Lipinski definition) is 2. The van der Waals surface area contributed by atoms with Gasteiger partial charge in [0.1, 0.15) is 4.90 Å². The van der Waals surface area contributed by atoms with Crippen LogP contribution in [0, 0.1) is 0 Å². The van der Waals surface area contributed by atoms with E-state index in [-0.39, 0.29) is 33.4 Å². The van der Waals surface area contributed by atoms with Crippen LogP contribution in [0.1, 0.15) is 34.8 Å². The predicted molar refractivity (Wildman–Crippen MR) is 128 cm³/mol. The maximum atomic E-state index is 12.8. The number of aromatic nitrogens is 2. The predicted octanol–water partition coefficient (Wildman–Crippen LogP) is 3.97. The Morgan fingerprint density at radius 1 is 1.09 bits per heavy atom. The van der Waals surface area contributed by atoms with Gasteiger partial charge in [-0.2, -0.15) is 0 Å². The highest BCUT2D eigenvalue weighted by Gasteiger charge is 2.22. The summed E-state index contributed by atoms with van der Waals surface area (Å²) in [6.07, 6.45) is -0.892. The third-order valence-corrected chi connectivity index (χ3v) is 6.95. The standard InChI is InChI=1S/C24H20ClN3O5S/c1-15(22-27-20-10-6-5-9-18(20)23(29)28-22)33-24(30)17-11-12-19(25)21(13-17)34(31,32)26-14-16-7-3-2-4-8-16/h2-13,15,26H,14H2,1H3,(H,27,28,29)/t15-/m1/s1. The van der Waals surface area contributed by atoms with E-state index in [1.54, 1.807) is 55.5 Å². The largest absolute Gasteiger partial charge is 0.451 e. The summed E-state index contributed by atoms with van der Waals surface area (Å²) in [5.41, 5.74) is 0.865. The Morgan fingerprint density at radius 2 is 1.79 bits per heavy atom. The molecule has 0 saturated heterocycles. The zero-order chi connectivity index (χ0) is 24.3. The monoisotopic (exact) mass is 497 g/mol. The highest BCUT2D eigenvalue weighted by atomic mass is 35.5. The van der Waals surface area contributed by atoms with Gasteiger partial charge >= 0.3 is 5.97 Å². The average molecular weight is 498 g/mol. The first-order valence-corrected chi connectivity index (χ1v) is 12.1. The summed E-state index contributed by atoms with van der Waals surface area (Å²) >= 11 is 6.12. The minimum Gasteiger partial charge on any atom is -0.451 e. The molecule has 0 aliphatic carbocycles. The number of sulfonamides is 1. The van der Waals surface area contributed by atoms with Crippen LogP contribution in [0.5, 0.6) is 0 Å². The SMILES string of the molecule is C[C@@H](OC(=O)c1ccc(Cl)c(S(=O)(=O)NCc2ccccc2)c1)c1nc2ccccc2c(=O)[nH]1. The molecule has 0 aliphatic heterocycles. The molecule has 34 heavy (non-hydrogen) atoms. The Hall–Kier alpha value is -3.53. The number of halogens is 1. The van der Waals surface area contributed by atoms with Gasteiger partial charge in [-0.25, -0.2) is 22.9 Å². The number of esters is 1. The lowest BCUT2D eigenvalue weighted by atomic mass is 10.2. The molecule has 174 valence electrons. The first-order valence-electron chi connectivity index (χ1n) is 10.3. The van der Waals surface area contributed by atoms with Gasteiger partial charge in [-0.1, -0.05) is 54.1 Å². The molecule has 0 saturated carbocycles. The number of fused-ring (bicyclic) bond motifs is 1. The fraction of sp³-hybridized carbons (Fsp3) is 0.125. The first kappa shape index (κ1) is 23.6. The van der Waals surface area contributed by atoms with Crippen molar-refractivity contribution in [3.8, 4) is 0 Å². The third kappa shape index (κ3) is 5.17. The molecule has 2 N–H and O–H groups in total. The van der Waals surface area contributed by atoms with Crippen LogP contribution in [0.25, 0.3) is 10.9 Å². The number of aromatic amines is 1.